The summed E-state index contributed by atoms with van der Waals surface area (Å²) < 4.78 is 8.74. The van der Waals surface area contributed by atoms with E-state index in [0.717, 1.165) is 0 Å². The van der Waals surface area contributed by atoms with Crippen molar-refractivity contribution in [3.05, 3.63) is 4.91 Å². The minimum absolute atomic E-state index is 0. The Morgan fingerprint density at radius 3 is 1.22 bits per heavy atom. The van der Waals surface area contributed by atoms with Crippen LogP contribution in [0.5, 0.6) is 0 Å². The summed E-state index contributed by atoms with van der Waals surface area (Å²) in [5.74, 6) is 0. The Hall–Kier alpha value is 1.02. The van der Waals surface area contributed by atoms with Crippen molar-refractivity contribution in [3.63, 3.8) is 0 Å². The number of hydrogen-bond acceptors (Lipinski definition) is 3. The van der Waals surface area contributed by atoms with Gasteiger partial charge in [0, 0.05) is 0 Å². The molecule has 0 aromatic heterocycles. The SMILES string of the molecule is O=NO.O=[Si](O)O.[NaH].[NaH]. The van der Waals surface area contributed by atoms with Crippen molar-refractivity contribution in [2.45, 2.75) is 0 Å². The predicted octanol–water partition coefficient (Wildman–Crippen LogP) is -2.77. The van der Waals surface area contributed by atoms with Crippen LogP contribution in [0.15, 0.2) is 5.34 Å². The van der Waals surface area contributed by atoms with Crippen molar-refractivity contribution in [1.82, 2.24) is 0 Å². The summed E-state index contributed by atoms with van der Waals surface area (Å²) in [6, 6.07) is 0. The quantitative estimate of drug-likeness (QED) is 0.209. The zero-order valence-electron chi connectivity index (χ0n) is 3.11. The summed E-state index contributed by atoms with van der Waals surface area (Å²) in [4.78, 5) is 22.4. The fourth-order valence-electron chi connectivity index (χ4n) is 0. The third kappa shape index (κ3) is 429. The van der Waals surface area contributed by atoms with Crippen LogP contribution in [0.25, 0.3) is 0 Å². The van der Waals surface area contributed by atoms with E-state index in [4.69, 9.17) is 24.2 Å². The van der Waals surface area contributed by atoms with Crippen LogP contribution < -0.4 is 0 Å². The van der Waals surface area contributed by atoms with Crippen molar-refractivity contribution < 1.29 is 19.3 Å². The van der Waals surface area contributed by atoms with Crippen LogP contribution in [0, 0.1) is 4.91 Å². The van der Waals surface area contributed by atoms with Crippen LogP contribution in [0.1, 0.15) is 0 Å². The van der Waals surface area contributed by atoms with Gasteiger partial charge in [-0.15, -0.1) is 4.91 Å². The van der Waals surface area contributed by atoms with Crippen LogP contribution >= 0.6 is 0 Å². The molecule has 0 rings (SSSR count). The molecule has 0 heterocycles. The van der Waals surface area contributed by atoms with Gasteiger partial charge in [-0.25, -0.2) is 0 Å². The minimum atomic E-state index is -3.13. The maximum atomic E-state index is 8.74. The third-order valence-corrected chi connectivity index (χ3v) is 0. The molecule has 0 spiro atoms. The molecular weight excluding hydrogens is 168 g/mol. The average Bonchev–Trinajstić information content (AvgIpc) is 1.33. The number of nitrogens with zero attached hydrogens (tertiary/aromatic N) is 1. The molecule has 0 unspecified atom stereocenters. The molecule has 0 saturated carbocycles. The van der Waals surface area contributed by atoms with Crippen LogP contribution in [0.2, 0.25) is 0 Å². The number of hydrogen-bond donors (Lipinski definition) is 3. The van der Waals surface area contributed by atoms with Gasteiger partial charge in [0.2, 0.25) is 0 Å². The summed E-state index contributed by atoms with van der Waals surface area (Å²) in [5, 5.41) is 7.89. The van der Waals surface area contributed by atoms with Crippen molar-refractivity contribution in [1.29, 1.82) is 0 Å². The van der Waals surface area contributed by atoms with E-state index in [1.54, 1.807) is 0 Å². The normalized spacial score (nSPS) is 4.00. The average molecular weight is 173 g/mol. The van der Waals surface area contributed by atoms with Gasteiger partial charge in [-0.3, -0.25) is 4.46 Å². The Morgan fingerprint density at radius 1 is 1.22 bits per heavy atom. The Kier molecular flexibility index (Phi) is 57.6. The Labute approximate surface area is 96.7 Å². The van der Waals surface area contributed by atoms with E-state index >= 15 is 0 Å². The van der Waals surface area contributed by atoms with E-state index in [1.807, 2.05) is 0 Å². The third-order valence-electron chi connectivity index (χ3n) is 0. The first-order valence-electron chi connectivity index (χ1n) is 1.03. The number of rotatable bonds is 0. The summed E-state index contributed by atoms with van der Waals surface area (Å²) in [7, 11) is -3.13. The first kappa shape index (κ1) is 22.5. The molecule has 0 saturated heterocycles. The molecule has 0 atom stereocenters. The Balaban J connectivity index is -0.0000000233. The summed E-state index contributed by atoms with van der Waals surface area (Å²) in [6.45, 7) is 0. The van der Waals surface area contributed by atoms with Crippen molar-refractivity contribution in [3.8, 4) is 0 Å². The van der Waals surface area contributed by atoms with Gasteiger partial charge in [0.15, 0.2) is 5.34 Å². The molecule has 46 valence electrons. The second-order valence-corrected chi connectivity index (χ2v) is 0.929. The van der Waals surface area contributed by atoms with Gasteiger partial charge in [-0.05, 0) is 0 Å². The first-order chi connectivity index (χ1) is 3.15. The van der Waals surface area contributed by atoms with Crippen LogP contribution in [0.3, 0.4) is 0 Å². The van der Waals surface area contributed by atoms with Gasteiger partial charge in [0.05, 0.1) is 0 Å². The molecule has 0 aliphatic rings. The van der Waals surface area contributed by atoms with Gasteiger partial charge >= 0.3 is 68.3 Å². The van der Waals surface area contributed by atoms with E-state index in [0.29, 0.717) is 0 Å². The maximum absolute atomic E-state index is 8.74. The second-order valence-electron chi connectivity index (χ2n) is 0.364. The van der Waals surface area contributed by atoms with E-state index in [2.05, 4.69) is 0 Å². The Bertz CT molecular complexity index is 62.0. The fourth-order valence-corrected chi connectivity index (χ4v) is 0. The fraction of sp³-hybridized carbons (Fsp3) is 0. The van der Waals surface area contributed by atoms with E-state index in [1.165, 1.54) is 5.34 Å². The monoisotopic (exact) mass is 173 g/mol. The molecule has 0 radical (unpaired) electrons. The van der Waals surface area contributed by atoms with Crippen molar-refractivity contribution in [2.24, 2.45) is 5.34 Å². The van der Waals surface area contributed by atoms with Crippen molar-refractivity contribution in [2.75, 3.05) is 0 Å². The molecule has 0 fully saturated rings. The molecule has 0 bridgehead atoms. The summed E-state index contributed by atoms with van der Waals surface area (Å²) in [5.41, 5.74) is 0. The molecular formula is H5NNa2O5Si. The second kappa shape index (κ2) is 23.0. The zero-order chi connectivity index (χ0) is 6.28. The van der Waals surface area contributed by atoms with Crippen LogP contribution in [-0.2, 0) is 4.46 Å². The molecule has 6 nitrogen and oxygen atoms in total. The molecule has 0 aliphatic heterocycles. The van der Waals surface area contributed by atoms with E-state index in [9.17, 15) is 0 Å². The Morgan fingerprint density at radius 2 is 1.22 bits per heavy atom. The molecule has 9 heteroatoms. The molecule has 9 heavy (non-hydrogen) atoms. The summed E-state index contributed by atoms with van der Waals surface area (Å²) in [6.07, 6.45) is 0. The molecule has 0 amide bonds. The molecule has 0 aromatic carbocycles. The zero-order valence-corrected chi connectivity index (χ0v) is 4.11. The van der Waals surface area contributed by atoms with Gasteiger partial charge in [-0.1, -0.05) is 0 Å². The standard InChI is InChI=1S/HNO2.2Na.H2O3Si.2H/c2-1-3;;;1-4(2)3;;/h(H,2,3);;;1-2H;;. The van der Waals surface area contributed by atoms with Crippen LogP contribution in [-0.4, -0.2) is 83.1 Å². The van der Waals surface area contributed by atoms with Gasteiger partial charge in [0.1, 0.15) is 0 Å². The van der Waals surface area contributed by atoms with Crippen LogP contribution in [0.4, 0.5) is 0 Å². The van der Waals surface area contributed by atoms with Crippen molar-refractivity contribution >= 4 is 68.3 Å². The van der Waals surface area contributed by atoms with E-state index < -0.39 is 9.17 Å². The van der Waals surface area contributed by atoms with E-state index in [-0.39, 0.29) is 59.1 Å². The van der Waals surface area contributed by atoms with Gasteiger partial charge < -0.3 is 14.8 Å². The predicted molar refractivity (Wildman–Crippen MR) is 32.8 cm³/mol. The first-order valence-corrected chi connectivity index (χ1v) is 2.34. The topological polar surface area (TPSA) is 107 Å². The molecule has 0 aliphatic carbocycles. The molecule has 3 N–H and O–H groups in total. The van der Waals surface area contributed by atoms with Gasteiger partial charge in [-0.2, -0.15) is 0 Å². The van der Waals surface area contributed by atoms with Gasteiger partial charge in [0.25, 0.3) is 0 Å². The molecule has 0 aromatic rings. The summed E-state index contributed by atoms with van der Waals surface area (Å²) >= 11 is 0.